The van der Waals surface area contributed by atoms with Crippen LogP contribution in [0.4, 0.5) is 4.39 Å². The molecule has 1 saturated heterocycles. The Morgan fingerprint density at radius 2 is 1.72 bits per heavy atom. The number of esters is 3. The summed E-state index contributed by atoms with van der Waals surface area (Å²) < 4.78 is 36.4. The zero-order chi connectivity index (χ0) is 23.3. The van der Waals surface area contributed by atoms with E-state index in [1.807, 2.05) is 0 Å². The number of nitrogens with zero attached hydrogens (tertiary/aromatic N) is 2. The summed E-state index contributed by atoms with van der Waals surface area (Å²) in [4.78, 5) is 42.9. The maximum Gasteiger partial charge on any atom is 0.303 e. The molecule has 1 fully saturated rings. The van der Waals surface area contributed by atoms with Crippen molar-refractivity contribution in [2.75, 3.05) is 5.75 Å². The van der Waals surface area contributed by atoms with E-state index in [0.29, 0.717) is 5.56 Å². The zero-order valence-electron chi connectivity index (χ0n) is 17.5. The third-order valence-corrected chi connectivity index (χ3v) is 5.52. The lowest BCUT2D eigenvalue weighted by molar-refractivity contribution is -0.186. The van der Waals surface area contributed by atoms with Gasteiger partial charge < -0.3 is 18.9 Å². The minimum atomic E-state index is -1.11. The number of hydrogen-bond donors (Lipinski definition) is 0. The summed E-state index contributed by atoms with van der Waals surface area (Å²) in [5.41, 5.74) is -0.271. The van der Waals surface area contributed by atoms with Gasteiger partial charge in [0, 0.05) is 50.5 Å². The summed E-state index contributed by atoms with van der Waals surface area (Å²) in [6.07, 6.45) is 1.32. The van der Waals surface area contributed by atoms with Crippen LogP contribution in [-0.2, 0) is 28.6 Å². The summed E-state index contributed by atoms with van der Waals surface area (Å²) in [6.45, 7) is 3.59. The van der Waals surface area contributed by atoms with Crippen molar-refractivity contribution in [3.05, 3.63) is 42.6 Å². The van der Waals surface area contributed by atoms with Crippen molar-refractivity contribution < 1.29 is 37.7 Å². The van der Waals surface area contributed by atoms with Crippen LogP contribution in [0.25, 0.3) is 11.3 Å². The lowest BCUT2D eigenvalue weighted by atomic mass is 10.1. The van der Waals surface area contributed by atoms with E-state index in [0.717, 1.165) is 6.07 Å². The van der Waals surface area contributed by atoms with E-state index >= 15 is 0 Å². The molecule has 0 bridgehead atoms. The Morgan fingerprint density at radius 1 is 1.03 bits per heavy atom. The molecule has 1 aliphatic rings. The van der Waals surface area contributed by atoms with Crippen molar-refractivity contribution in [2.24, 2.45) is 0 Å². The highest BCUT2D eigenvalue weighted by Crippen LogP contribution is 2.34. The molecule has 0 unspecified atom stereocenters. The number of thioether (sulfide) groups is 1. The molecule has 170 valence electrons. The summed E-state index contributed by atoms with van der Waals surface area (Å²) in [7, 11) is 0. The average molecular weight is 464 g/mol. The lowest BCUT2D eigenvalue weighted by Gasteiger charge is -2.39. The zero-order valence-corrected chi connectivity index (χ0v) is 18.3. The third-order valence-electron chi connectivity index (χ3n) is 4.31. The van der Waals surface area contributed by atoms with Crippen LogP contribution in [0.2, 0.25) is 0 Å². The van der Waals surface area contributed by atoms with Crippen LogP contribution in [0.5, 0.6) is 5.75 Å². The van der Waals surface area contributed by atoms with Gasteiger partial charge in [-0.05, 0) is 12.1 Å². The second kappa shape index (κ2) is 10.4. The van der Waals surface area contributed by atoms with Gasteiger partial charge in [0.25, 0.3) is 0 Å². The molecule has 4 atom stereocenters. The molecule has 0 saturated carbocycles. The van der Waals surface area contributed by atoms with Gasteiger partial charge in [0.2, 0.25) is 0 Å². The van der Waals surface area contributed by atoms with E-state index in [4.69, 9.17) is 18.9 Å². The molecule has 0 aliphatic carbocycles. The van der Waals surface area contributed by atoms with Gasteiger partial charge in [-0.25, -0.2) is 9.37 Å². The van der Waals surface area contributed by atoms with Crippen LogP contribution in [-0.4, -0.2) is 57.4 Å². The highest BCUT2D eigenvalue weighted by molar-refractivity contribution is 7.99. The third kappa shape index (κ3) is 5.94. The first-order valence-corrected chi connectivity index (χ1v) is 10.7. The molecule has 0 aromatic carbocycles. The fourth-order valence-corrected chi connectivity index (χ4v) is 4.36. The minimum absolute atomic E-state index is 0.0808. The molecule has 1 aliphatic heterocycles. The molecular formula is C21H21FN2O7S. The van der Waals surface area contributed by atoms with E-state index in [1.165, 1.54) is 44.9 Å². The quantitative estimate of drug-likeness (QED) is 0.467. The Bertz CT molecular complexity index is 991. The van der Waals surface area contributed by atoms with Gasteiger partial charge in [-0.15, -0.1) is 11.8 Å². The molecule has 3 rings (SSSR count). The molecule has 32 heavy (non-hydrogen) atoms. The highest BCUT2D eigenvalue weighted by atomic mass is 32.2. The van der Waals surface area contributed by atoms with Crippen LogP contribution < -0.4 is 4.74 Å². The normalized spacial score (nSPS) is 22.5. The topological polar surface area (TPSA) is 114 Å². The standard InChI is InChI=1S/C21H21FN2O7S/c1-11(25)28-17-10-32-21(20(30-13(3)27)19(17)29-12(2)26)31-15-7-16(22)18(24-9-15)14-5-4-6-23-8-14/h4-9,17,19-21H,10H2,1-3H3/t17-,19+,20-,21+/m1/s1. The molecular weight excluding hydrogens is 443 g/mol. The second-order valence-corrected chi connectivity index (χ2v) is 7.99. The molecule has 0 radical (unpaired) electrons. The molecule has 0 N–H and O–H groups in total. The van der Waals surface area contributed by atoms with Crippen molar-refractivity contribution in [1.29, 1.82) is 0 Å². The first-order valence-electron chi connectivity index (χ1n) is 9.60. The van der Waals surface area contributed by atoms with E-state index < -0.39 is 47.5 Å². The number of carbonyl (C=O) groups is 3. The van der Waals surface area contributed by atoms with Crippen molar-refractivity contribution in [1.82, 2.24) is 9.97 Å². The number of halogens is 1. The van der Waals surface area contributed by atoms with E-state index in [2.05, 4.69) is 9.97 Å². The first kappa shape index (κ1) is 23.5. The summed E-state index contributed by atoms with van der Waals surface area (Å²) in [5.74, 6) is -2.23. The Hall–Kier alpha value is -3.21. The van der Waals surface area contributed by atoms with Gasteiger partial charge in [0.15, 0.2) is 29.6 Å². The number of aromatic nitrogens is 2. The molecule has 2 aromatic rings. The van der Waals surface area contributed by atoms with Gasteiger partial charge in [-0.2, -0.15) is 0 Å². The fraction of sp³-hybridized carbons (Fsp3) is 0.381. The SMILES string of the molecule is CC(=O)O[C@@H]1[C@@H](OC(C)=O)[C@@H](Oc2cnc(-c3cccnc3)c(F)c2)SC[C@H]1OC(C)=O. The highest BCUT2D eigenvalue weighted by Gasteiger charge is 2.47. The summed E-state index contributed by atoms with van der Waals surface area (Å²) in [6, 6.07) is 4.49. The first-order chi connectivity index (χ1) is 15.2. The van der Waals surface area contributed by atoms with Gasteiger partial charge in [0.05, 0.1) is 6.20 Å². The smallest absolute Gasteiger partial charge is 0.303 e. The van der Waals surface area contributed by atoms with Crippen LogP contribution in [0.1, 0.15) is 20.8 Å². The largest absolute Gasteiger partial charge is 0.474 e. The Kier molecular flexibility index (Phi) is 7.62. The molecule has 9 nitrogen and oxygen atoms in total. The maximum absolute atomic E-state index is 14.7. The minimum Gasteiger partial charge on any atom is -0.474 e. The molecule has 3 heterocycles. The van der Waals surface area contributed by atoms with E-state index in [1.54, 1.807) is 18.3 Å². The van der Waals surface area contributed by atoms with Gasteiger partial charge in [-0.1, -0.05) is 0 Å². The summed E-state index contributed by atoms with van der Waals surface area (Å²) >= 11 is 1.17. The maximum atomic E-state index is 14.7. The van der Waals surface area contributed by atoms with Gasteiger partial charge in [0.1, 0.15) is 11.4 Å². The van der Waals surface area contributed by atoms with Gasteiger partial charge in [-0.3, -0.25) is 19.4 Å². The van der Waals surface area contributed by atoms with Gasteiger partial charge >= 0.3 is 17.9 Å². The van der Waals surface area contributed by atoms with Crippen LogP contribution in [0.15, 0.2) is 36.8 Å². The number of pyridine rings is 2. The number of ether oxygens (including phenoxy) is 4. The van der Waals surface area contributed by atoms with E-state index in [-0.39, 0.29) is 17.2 Å². The molecule has 0 spiro atoms. The predicted molar refractivity (Wildman–Crippen MR) is 111 cm³/mol. The molecule has 11 heteroatoms. The van der Waals surface area contributed by atoms with Crippen molar-refractivity contribution in [3.63, 3.8) is 0 Å². The monoisotopic (exact) mass is 464 g/mol. The fourth-order valence-electron chi connectivity index (χ4n) is 3.14. The second-order valence-electron chi connectivity index (χ2n) is 6.86. The van der Waals surface area contributed by atoms with Crippen LogP contribution in [0, 0.1) is 5.82 Å². The van der Waals surface area contributed by atoms with Crippen molar-refractivity contribution in [3.8, 4) is 17.0 Å². The van der Waals surface area contributed by atoms with Crippen LogP contribution >= 0.6 is 11.8 Å². The Labute approximate surface area is 187 Å². The Balaban J connectivity index is 1.85. The van der Waals surface area contributed by atoms with E-state index in [9.17, 15) is 18.8 Å². The van der Waals surface area contributed by atoms with Crippen molar-refractivity contribution in [2.45, 2.75) is 44.5 Å². The molecule has 0 amide bonds. The van der Waals surface area contributed by atoms with Crippen molar-refractivity contribution >= 4 is 29.7 Å². The molecule has 2 aromatic heterocycles. The summed E-state index contributed by atoms with van der Waals surface area (Å²) in [5, 5.41) is 0. The number of carbonyl (C=O) groups excluding carboxylic acids is 3. The number of rotatable bonds is 6. The predicted octanol–water partition coefficient (Wildman–Crippen LogP) is 2.53. The average Bonchev–Trinajstić information content (AvgIpc) is 2.72. The lowest BCUT2D eigenvalue weighted by Crippen LogP contribution is -2.55. The number of hydrogen-bond acceptors (Lipinski definition) is 10. The van der Waals surface area contributed by atoms with Crippen LogP contribution in [0.3, 0.4) is 0 Å². The Morgan fingerprint density at radius 3 is 2.31 bits per heavy atom.